The van der Waals surface area contributed by atoms with Gasteiger partial charge in [-0.3, -0.25) is 0 Å². The fraction of sp³-hybridized carbons (Fsp3) is 0.600. The van der Waals surface area contributed by atoms with Gasteiger partial charge in [-0.25, -0.2) is 0 Å². The van der Waals surface area contributed by atoms with Crippen molar-refractivity contribution in [1.82, 2.24) is 0 Å². The average Bonchev–Trinajstić information content (AvgIpc) is 1.76. The monoisotopic (exact) mass is 286 g/mol. The summed E-state index contributed by atoms with van der Waals surface area (Å²) in [7, 11) is 0. The van der Waals surface area contributed by atoms with Crippen LogP contribution >= 0.6 is 0 Å². The summed E-state index contributed by atoms with van der Waals surface area (Å²) in [5.74, 6) is 19.7. The van der Waals surface area contributed by atoms with Gasteiger partial charge >= 0.3 is 82.4 Å². The van der Waals surface area contributed by atoms with Crippen molar-refractivity contribution in [3.8, 4) is 21.3 Å². The Morgan fingerprint density at radius 1 is 0.583 bits per heavy atom. The van der Waals surface area contributed by atoms with Gasteiger partial charge in [0, 0.05) is 0 Å². The zero-order valence-corrected chi connectivity index (χ0v) is 13.2. The Balaban J connectivity index is 4.27. The molecule has 0 amide bonds. The Labute approximate surface area is 82.2 Å². The van der Waals surface area contributed by atoms with Crippen LogP contribution in [0.2, 0.25) is 34.5 Å². The maximum absolute atomic E-state index is 3.29. The van der Waals surface area contributed by atoms with Crippen LogP contribution in [-0.2, 0) is 0 Å². The van der Waals surface area contributed by atoms with Crippen molar-refractivity contribution in [2.24, 2.45) is 0 Å². The third kappa shape index (κ3) is 10.2. The summed E-state index contributed by atoms with van der Waals surface area (Å²) in [6.45, 7) is 0. The molecule has 0 saturated heterocycles. The molecule has 0 aromatic heterocycles. The van der Waals surface area contributed by atoms with Crippen molar-refractivity contribution in [2.45, 2.75) is 34.5 Å². The summed E-state index contributed by atoms with van der Waals surface area (Å²) in [5, 5.41) is 0. The second-order valence-corrected chi connectivity index (χ2v) is 24.9. The molecule has 0 atom stereocenters. The molecule has 0 radical (unpaired) electrons. The van der Waals surface area contributed by atoms with Crippen molar-refractivity contribution in [3.05, 3.63) is 0 Å². The van der Waals surface area contributed by atoms with E-state index in [1.807, 2.05) is 0 Å². The van der Waals surface area contributed by atoms with Gasteiger partial charge < -0.3 is 0 Å². The topological polar surface area (TPSA) is 0 Å². The van der Waals surface area contributed by atoms with E-state index < -0.39 is 26.5 Å². The van der Waals surface area contributed by atoms with Gasteiger partial charge in [-0.05, 0) is 0 Å². The molecule has 0 N–H and O–H groups in total. The first-order valence-corrected chi connectivity index (χ1v) is 18.9. The quantitative estimate of drug-likeness (QED) is 0.474. The van der Waals surface area contributed by atoms with Gasteiger partial charge in [0.05, 0.1) is 0 Å². The zero-order valence-electron chi connectivity index (χ0n) is 9.00. The molecule has 0 rings (SSSR count). The second kappa shape index (κ2) is 4.44. The van der Waals surface area contributed by atoms with Crippen molar-refractivity contribution < 1.29 is 0 Å². The molecule has 0 heterocycles. The summed E-state index contributed by atoms with van der Waals surface area (Å²) in [5.41, 5.74) is 0. The normalized spacial score (nSPS) is 10.8. The molecular formula is C10H18Ge2. The Kier molecular flexibility index (Phi) is 4.52. The Morgan fingerprint density at radius 3 is 1.00 bits per heavy atom. The third-order valence-corrected chi connectivity index (χ3v) is 4.61. The molecule has 0 spiro atoms. The number of rotatable bonds is 0. The van der Waals surface area contributed by atoms with Crippen LogP contribution in [-0.4, -0.2) is 26.5 Å². The van der Waals surface area contributed by atoms with Gasteiger partial charge in [-0.1, -0.05) is 0 Å². The van der Waals surface area contributed by atoms with Crippen LogP contribution in [0.4, 0.5) is 0 Å². The van der Waals surface area contributed by atoms with Crippen LogP contribution in [0.5, 0.6) is 0 Å². The summed E-state index contributed by atoms with van der Waals surface area (Å²) >= 11 is -3.29. The minimum atomic E-state index is -1.64. The van der Waals surface area contributed by atoms with E-state index in [2.05, 4.69) is 55.9 Å². The molecule has 0 bridgehead atoms. The molecule has 0 aliphatic rings. The van der Waals surface area contributed by atoms with E-state index in [-0.39, 0.29) is 0 Å². The van der Waals surface area contributed by atoms with Crippen molar-refractivity contribution in [1.29, 1.82) is 0 Å². The van der Waals surface area contributed by atoms with Gasteiger partial charge in [0.1, 0.15) is 0 Å². The summed E-state index contributed by atoms with van der Waals surface area (Å²) in [4.78, 5) is 0. The standard InChI is InChI=1S/C10H18Ge2/c1-11(2,3)9-7-8-10-12(4,5)6/h1-6H3. The molecule has 12 heavy (non-hydrogen) atoms. The van der Waals surface area contributed by atoms with Crippen molar-refractivity contribution in [2.75, 3.05) is 0 Å². The van der Waals surface area contributed by atoms with Crippen LogP contribution in [0.15, 0.2) is 0 Å². The fourth-order valence-electron chi connectivity index (χ4n) is 0.438. The molecule has 0 aliphatic carbocycles. The fourth-order valence-corrected chi connectivity index (χ4v) is 2.27. The SMILES string of the molecule is [CH3][Ge]([CH3])([CH3])[C]#CC#[C][Ge]([CH3])([CH3])[CH3]. The molecule has 66 valence electrons. The van der Waals surface area contributed by atoms with Crippen LogP contribution < -0.4 is 0 Å². The molecular weight excluding hydrogens is 265 g/mol. The molecule has 0 saturated carbocycles. The third-order valence-electron chi connectivity index (χ3n) is 0.938. The second-order valence-electron chi connectivity index (χ2n) is 5.00. The van der Waals surface area contributed by atoms with Crippen molar-refractivity contribution >= 4 is 26.5 Å². The van der Waals surface area contributed by atoms with Crippen LogP contribution in [0.3, 0.4) is 0 Å². The van der Waals surface area contributed by atoms with E-state index in [0.29, 0.717) is 0 Å². The molecule has 0 aromatic carbocycles. The van der Waals surface area contributed by atoms with E-state index in [1.165, 1.54) is 0 Å². The predicted molar refractivity (Wildman–Crippen MR) is 62.2 cm³/mol. The first kappa shape index (κ1) is 12.2. The van der Waals surface area contributed by atoms with Gasteiger partial charge in [0.25, 0.3) is 0 Å². The van der Waals surface area contributed by atoms with E-state index in [1.54, 1.807) is 0 Å². The van der Waals surface area contributed by atoms with Crippen LogP contribution in [0.25, 0.3) is 0 Å². The van der Waals surface area contributed by atoms with Crippen LogP contribution in [0.1, 0.15) is 0 Å². The molecule has 0 nitrogen and oxygen atoms in total. The zero-order chi connectivity index (χ0) is 9.83. The first-order valence-electron chi connectivity index (χ1n) is 4.25. The molecule has 2 heteroatoms. The predicted octanol–water partition coefficient (Wildman–Crippen LogP) is 2.75. The van der Waals surface area contributed by atoms with E-state index >= 15 is 0 Å². The molecule has 0 aromatic rings. The first-order chi connectivity index (χ1) is 5.21. The van der Waals surface area contributed by atoms with Gasteiger partial charge in [0.2, 0.25) is 0 Å². The Hall–Kier alpha value is 0.206. The van der Waals surface area contributed by atoms with Crippen LogP contribution in [0, 0.1) is 21.3 Å². The van der Waals surface area contributed by atoms with E-state index in [9.17, 15) is 0 Å². The molecule has 0 unspecified atom stereocenters. The summed E-state index contributed by atoms with van der Waals surface area (Å²) in [6, 6.07) is 0. The average molecular weight is 283 g/mol. The Bertz CT molecular complexity index is 225. The van der Waals surface area contributed by atoms with Crippen molar-refractivity contribution in [3.63, 3.8) is 0 Å². The molecule has 0 aliphatic heterocycles. The van der Waals surface area contributed by atoms with E-state index in [0.717, 1.165) is 0 Å². The molecule has 0 fully saturated rings. The maximum atomic E-state index is 3.29. The minimum absolute atomic E-state index is 1.64. The summed E-state index contributed by atoms with van der Waals surface area (Å²) in [6.07, 6.45) is 0. The Morgan fingerprint density at radius 2 is 0.833 bits per heavy atom. The van der Waals surface area contributed by atoms with Gasteiger partial charge in [-0.15, -0.1) is 0 Å². The summed E-state index contributed by atoms with van der Waals surface area (Å²) < 4.78 is 6.58. The van der Waals surface area contributed by atoms with Gasteiger partial charge in [-0.2, -0.15) is 0 Å². The van der Waals surface area contributed by atoms with Gasteiger partial charge in [0.15, 0.2) is 0 Å². The number of hydrogen-bond acceptors (Lipinski definition) is 0. The number of hydrogen-bond donors (Lipinski definition) is 0. The van der Waals surface area contributed by atoms with E-state index in [4.69, 9.17) is 0 Å².